The van der Waals surface area contributed by atoms with Crippen molar-refractivity contribution in [2.24, 2.45) is 0 Å². The fraction of sp³-hybridized carbons (Fsp3) is 0.350. The topological polar surface area (TPSA) is 60.0 Å². The number of amides is 2. The first kappa shape index (κ1) is 17.9. The van der Waals surface area contributed by atoms with Crippen molar-refractivity contribution < 1.29 is 19.0 Å². The lowest BCUT2D eigenvalue weighted by Crippen LogP contribution is -2.45. The van der Waals surface area contributed by atoms with E-state index >= 15 is 0 Å². The number of nitrogens with one attached hydrogen (secondary N) is 1. The molecule has 1 heterocycles. The molecule has 0 aliphatic carbocycles. The molecule has 0 saturated heterocycles. The highest BCUT2D eigenvalue weighted by atomic mass is 16.5. The van der Waals surface area contributed by atoms with E-state index in [9.17, 15) is 4.79 Å². The number of aryl methyl sites for hydroxylation is 1. The van der Waals surface area contributed by atoms with E-state index in [4.69, 9.17) is 14.2 Å². The highest BCUT2D eigenvalue weighted by Gasteiger charge is 2.29. The van der Waals surface area contributed by atoms with Crippen molar-refractivity contribution in [3.63, 3.8) is 0 Å². The van der Waals surface area contributed by atoms with Gasteiger partial charge in [0.1, 0.15) is 11.9 Å². The lowest BCUT2D eigenvalue weighted by molar-refractivity contribution is 0.188. The van der Waals surface area contributed by atoms with E-state index in [1.54, 1.807) is 37.3 Å². The van der Waals surface area contributed by atoms with Gasteiger partial charge in [0.15, 0.2) is 11.5 Å². The van der Waals surface area contributed by atoms with Gasteiger partial charge in [0, 0.05) is 11.8 Å². The molecule has 6 heteroatoms. The highest BCUT2D eigenvalue weighted by Crippen LogP contribution is 2.36. The molecule has 1 aliphatic rings. The van der Waals surface area contributed by atoms with Crippen LogP contribution in [0.15, 0.2) is 36.4 Å². The quantitative estimate of drug-likeness (QED) is 0.891. The zero-order valence-corrected chi connectivity index (χ0v) is 15.5. The number of hydrogen-bond donors (Lipinski definition) is 1. The Balaban J connectivity index is 1.86. The molecule has 6 nitrogen and oxygen atoms in total. The van der Waals surface area contributed by atoms with Gasteiger partial charge in [-0.25, -0.2) is 4.79 Å². The van der Waals surface area contributed by atoms with Gasteiger partial charge in [-0.2, -0.15) is 0 Å². The standard InChI is InChI=1S/C20H24N2O4/c1-5-15-12-22(16-10-13(2)6-8-17(16)26-15)20(23)21-14-7-9-18(24-3)19(11-14)25-4/h6-11,15H,5,12H2,1-4H3,(H,21,23)/t15-/m0/s1. The number of fused-ring (bicyclic) bond motifs is 1. The normalized spacial score (nSPS) is 15.7. The molecule has 138 valence electrons. The van der Waals surface area contributed by atoms with Gasteiger partial charge in [-0.05, 0) is 43.2 Å². The van der Waals surface area contributed by atoms with Crippen LogP contribution in [0, 0.1) is 6.92 Å². The summed E-state index contributed by atoms with van der Waals surface area (Å²) in [7, 11) is 3.14. The maximum absolute atomic E-state index is 12.9. The summed E-state index contributed by atoms with van der Waals surface area (Å²) in [6, 6.07) is 11.0. The van der Waals surface area contributed by atoms with Crippen LogP contribution in [0.4, 0.5) is 16.2 Å². The van der Waals surface area contributed by atoms with Crippen molar-refractivity contribution >= 4 is 17.4 Å². The SMILES string of the molecule is CC[C@H]1CN(C(=O)Nc2ccc(OC)c(OC)c2)c2cc(C)ccc2O1. The number of hydrogen-bond acceptors (Lipinski definition) is 4. The Hall–Kier alpha value is -2.89. The molecule has 0 unspecified atom stereocenters. The lowest BCUT2D eigenvalue weighted by Gasteiger charge is -2.34. The van der Waals surface area contributed by atoms with Crippen LogP contribution >= 0.6 is 0 Å². The minimum absolute atomic E-state index is 0.0265. The Morgan fingerprint density at radius 3 is 2.65 bits per heavy atom. The van der Waals surface area contributed by atoms with Gasteiger partial charge < -0.3 is 19.5 Å². The highest BCUT2D eigenvalue weighted by molar-refractivity contribution is 6.03. The van der Waals surface area contributed by atoms with Crippen LogP contribution in [-0.2, 0) is 0 Å². The Morgan fingerprint density at radius 2 is 1.96 bits per heavy atom. The van der Waals surface area contributed by atoms with E-state index in [2.05, 4.69) is 5.32 Å². The molecular weight excluding hydrogens is 332 g/mol. The van der Waals surface area contributed by atoms with Crippen molar-refractivity contribution in [1.82, 2.24) is 0 Å². The lowest BCUT2D eigenvalue weighted by atomic mass is 10.1. The number of methoxy groups -OCH3 is 2. The minimum Gasteiger partial charge on any atom is -0.493 e. The molecule has 1 N–H and O–H groups in total. The summed E-state index contributed by atoms with van der Waals surface area (Å²) in [6.45, 7) is 4.55. The van der Waals surface area contributed by atoms with Crippen molar-refractivity contribution in [2.45, 2.75) is 26.4 Å². The second kappa shape index (κ2) is 7.56. The fourth-order valence-electron chi connectivity index (χ4n) is 2.97. The molecule has 1 aliphatic heterocycles. The van der Waals surface area contributed by atoms with Crippen LogP contribution in [0.1, 0.15) is 18.9 Å². The van der Waals surface area contributed by atoms with Crippen LogP contribution in [0.25, 0.3) is 0 Å². The van der Waals surface area contributed by atoms with Crippen LogP contribution < -0.4 is 24.4 Å². The van der Waals surface area contributed by atoms with Crippen LogP contribution in [0.5, 0.6) is 17.2 Å². The Labute approximate surface area is 153 Å². The first-order valence-electron chi connectivity index (χ1n) is 8.63. The van der Waals surface area contributed by atoms with Gasteiger partial charge in [-0.1, -0.05) is 13.0 Å². The summed E-state index contributed by atoms with van der Waals surface area (Å²) >= 11 is 0. The average molecular weight is 356 g/mol. The monoisotopic (exact) mass is 356 g/mol. The van der Waals surface area contributed by atoms with Gasteiger partial charge in [0.05, 0.1) is 26.5 Å². The Morgan fingerprint density at radius 1 is 1.19 bits per heavy atom. The minimum atomic E-state index is -0.203. The zero-order valence-electron chi connectivity index (χ0n) is 15.5. The van der Waals surface area contributed by atoms with Gasteiger partial charge in [-0.3, -0.25) is 4.90 Å². The van der Waals surface area contributed by atoms with Gasteiger partial charge in [0.2, 0.25) is 0 Å². The van der Waals surface area contributed by atoms with E-state index in [0.717, 1.165) is 23.4 Å². The van der Waals surface area contributed by atoms with E-state index in [1.807, 2.05) is 32.0 Å². The van der Waals surface area contributed by atoms with Crippen molar-refractivity contribution in [3.8, 4) is 17.2 Å². The van der Waals surface area contributed by atoms with E-state index < -0.39 is 0 Å². The number of carbonyl (C=O) groups excluding carboxylic acids is 1. The van der Waals surface area contributed by atoms with E-state index in [1.165, 1.54) is 0 Å². The Bertz CT molecular complexity index is 806. The molecule has 0 fully saturated rings. The third kappa shape index (κ3) is 3.54. The summed E-state index contributed by atoms with van der Waals surface area (Å²) in [6.07, 6.45) is 0.800. The first-order chi connectivity index (χ1) is 12.5. The third-order valence-corrected chi connectivity index (χ3v) is 4.42. The number of ether oxygens (including phenoxy) is 3. The predicted octanol–water partition coefficient (Wildman–Crippen LogP) is 4.22. The second-order valence-electron chi connectivity index (χ2n) is 6.23. The predicted molar refractivity (Wildman–Crippen MR) is 102 cm³/mol. The van der Waals surface area contributed by atoms with Gasteiger partial charge >= 0.3 is 6.03 Å². The molecule has 3 rings (SSSR count). The molecule has 1 atom stereocenters. The van der Waals surface area contributed by atoms with Crippen molar-refractivity contribution in [2.75, 3.05) is 31.0 Å². The second-order valence-corrected chi connectivity index (χ2v) is 6.23. The van der Waals surface area contributed by atoms with Crippen molar-refractivity contribution in [3.05, 3.63) is 42.0 Å². The number of anilines is 2. The van der Waals surface area contributed by atoms with Crippen LogP contribution in [-0.4, -0.2) is 32.9 Å². The Kier molecular flexibility index (Phi) is 5.21. The number of nitrogens with zero attached hydrogens (tertiary/aromatic N) is 1. The number of urea groups is 1. The van der Waals surface area contributed by atoms with Crippen LogP contribution in [0.2, 0.25) is 0 Å². The molecule has 0 bridgehead atoms. The number of benzene rings is 2. The largest absolute Gasteiger partial charge is 0.493 e. The fourth-order valence-corrected chi connectivity index (χ4v) is 2.97. The summed E-state index contributed by atoms with van der Waals surface area (Å²) < 4.78 is 16.5. The summed E-state index contributed by atoms with van der Waals surface area (Å²) in [5.41, 5.74) is 2.50. The molecule has 2 amide bonds. The van der Waals surface area contributed by atoms with Crippen molar-refractivity contribution in [1.29, 1.82) is 0 Å². The summed E-state index contributed by atoms with van der Waals surface area (Å²) in [5.74, 6) is 1.91. The number of rotatable bonds is 4. The molecule has 2 aromatic carbocycles. The van der Waals surface area contributed by atoms with Gasteiger partial charge in [-0.15, -0.1) is 0 Å². The number of carbonyl (C=O) groups is 1. The summed E-state index contributed by atoms with van der Waals surface area (Å²) in [4.78, 5) is 14.7. The third-order valence-electron chi connectivity index (χ3n) is 4.42. The van der Waals surface area contributed by atoms with E-state index in [0.29, 0.717) is 23.7 Å². The van der Waals surface area contributed by atoms with E-state index in [-0.39, 0.29) is 12.1 Å². The molecular formula is C20H24N2O4. The van der Waals surface area contributed by atoms with Gasteiger partial charge in [0.25, 0.3) is 0 Å². The summed E-state index contributed by atoms with van der Waals surface area (Å²) in [5, 5.41) is 2.94. The maximum Gasteiger partial charge on any atom is 0.326 e. The molecule has 0 saturated carbocycles. The van der Waals surface area contributed by atoms with Crippen LogP contribution in [0.3, 0.4) is 0 Å². The zero-order chi connectivity index (χ0) is 18.7. The molecule has 26 heavy (non-hydrogen) atoms. The smallest absolute Gasteiger partial charge is 0.326 e. The molecule has 0 spiro atoms. The molecule has 2 aromatic rings. The first-order valence-corrected chi connectivity index (χ1v) is 8.63. The average Bonchev–Trinajstić information content (AvgIpc) is 2.66. The molecule has 0 aromatic heterocycles. The molecule has 0 radical (unpaired) electrons. The maximum atomic E-state index is 12.9.